The number of rotatable bonds is 3. The number of benzene rings is 2. The van der Waals surface area contributed by atoms with Gasteiger partial charge >= 0.3 is 5.69 Å². The van der Waals surface area contributed by atoms with Crippen molar-refractivity contribution in [2.75, 3.05) is 23.8 Å². The molecule has 2 aromatic carbocycles. The average molecular weight is 466 g/mol. The van der Waals surface area contributed by atoms with E-state index in [1.54, 1.807) is 4.90 Å². The molecular weight excluding hydrogens is 444 g/mol. The lowest BCUT2D eigenvalue weighted by molar-refractivity contribution is 0.620. The van der Waals surface area contributed by atoms with Crippen LogP contribution in [0.1, 0.15) is 30.4 Å². The Balaban J connectivity index is 0.00000231. The van der Waals surface area contributed by atoms with E-state index in [0.717, 1.165) is 24.5 Å². The average Bonchev–Trinajstić information content (AvgIpc) is 3.50. The molecule has 1 saturated heterocycles. The van der Waals surface area contributed by atoms with Crippen LogP contribution < -0.4 is 27.7 Å². The van der Waals surface area contributed by atoms with Crippen LogP contribution in [-0.4, -0.2) is 28.4 Å². The highest BCUT2D eigenvalue weighted by Crippen LogP contribution is 2.42. The Morgan fingerprint density at radius 3 is 2.42 bits per heavy atom. The smallest absolute Gasteiger partial charge is 0.350 e. The molecule has 164 valence electrons. The number of nitrogens with zero attached hydrogens (tertiary/aromatic N) is 3. The van der Waals surface area contributed by atoms with Crippen molar-refractivity contribution in [2.24, 2.45) is 5.73 Å². The van der Waals surface area contributed by atoms with Crippen molar-refractivity contribution in [2.45, 2.75) is 30.8 Å². The van der Waals surface area contributed by atoms with E-state index in [0.29, 0.717) is 17.8 Å². The second-order valence-electron chi connectivity index (χ2n) is 8.06. The molecule has 5 rings (SSSR count). The molecule has 0 radical (unpaired) electrons. The van der Waals surface area contributed by atoms with Gasteiger partial charge in [-0.1, -0.05) is 41.9 Å². The molecule has 31 heavy (non-hydrogen) atoms. The van der Waals surface area contributed by atoms with E-state index in [9.17, 15) is 9.59 Å². The lowest BCUT2D eigenvalue weighted by atomic mass is 9.95. The van der Waals surface area contributed by atoms with Crippen LogP contribution in [0.5, 0.6) is 0 Å². The number of hydrogen-bond acceptors (Lipinski definition) is 5. The van der Waals surface area contributed by atoms with Crippen molar-refractivity contribution in [3.8, 4) is 0 Å². The first-order chi connectivity index (χ1) is 14.4. The van der Waals surface area contributed by atoms with Crippen LogP contribution in [0.25, 0.3) is 10.9 Å². The SMILES string of the molecule is Cl.NC1CN(c2c(F)cc3c(=O)n(N)c(=O)n(C4CC4)c3c2Cl)CC1c1ccccc1. The molecule has 1 aliphatic carbocycles. The molecule has 2 atom stereocenters. The number of nitrogen functional groups attached to an aromatic ring is 1. The van der Waals surface area contributed by atoms with Crippen LogP contribution in [-0.2, 0) is 0 Å². The van der Waals surface area contributed by atoms with Gasteiger partial charge in [0.2, 0.25) is 0 Å². The third-order valence-corrected chi connectivity index (χ3v) is 6.45. The molecule has 2 fully saturated rings. The van der Waals surface area contributed by atoms with E-state index in [4.69, 9.17) is 23.2 Å². The summed E-state index contributed by atoms with van der Waals surface area (Å²) >= 11 is 6.67. The first-order valence-electron chi connectivity index (χ1n) is 9.88. The summed E-state index contributed by atoms with van der Waals surface area (Å²) in [5.74, 6) is 5.03. The summed E-state index contributed by atoms with van der Waals surface area (Å²) in [6.07, 6.45) is 1.56. The summed E-state index contributed by atoms with van der Waals surface area (Å²) < 4.78 is 17.2. The van der Waals surface area contributed by atoms with Crippen molar-refractivity contribution >= 4 is 40.6 Å². The number of aromatic nitrogens is 2. The van der Waals surface area contributed by atoms with Gasteiger partial charge in [-0.15, -0.1) is 12.4 Å². The van der Waals surface area contributed by atoms with Gasteiger partial charge in [0.1, 0.15) is 5.82 Å². The number of halogens is 3. The Labute approximate surface area is 188 Å². The molecule has 2 unspecified atom stereocenters. The quantitative estimate of drug-likeness (QED) is 0.578. The lowest BCUT2D eigenvalue weighted by Gasteiger charge is -2.23. The molecule has 7 nitrogen and oxygen atoms in total. The van der Waals surface area contributed by atoms with Crippen molar-refractivity contribution in [3.63, 3.8) is 0 Å². The second-order valence-corrected chi connectivity index (χ2v) is 8.44. The van der Waals surface area contributed by atoms with Gasteiger partial charge in [-0.05, 0) is 24.5 Å². The second kappa shape index (κ2) is 7.85. The van der Waals surface area contributed by atoms with Crippen LogP contribution in [0, 0.1) is 5.82 Å². The van der Waals surface area contributed by atoms with E-state index in [1.165, 1.54) is 4.57 Å². The standard InChI is InChI=1S/C21H21ClFN5O2.ClH/c22-17-18-13(20(29)28(25)21(30)27(18)12-6-7-12)8-15(23)19(17)26-9-14(16(24)10-26)11-4-2-1-3-5-11;/h1-5,8,12,14,16H,6-7,9-10,24-25H2;1H. The van der Waals surface area contributed by atoms with Crippen molar-refractivity contribution in [3.05, 3.63) is 73.6 Å². The van der Waals surface area contributed by atoms with E-state index in [2.05, 4.69) is 0 Å². The predicted molar refractivity (Wildman–Crippen MR) is 122 cm³/mol. The zero-order valence-corrected chi connectivity index (χ0v) is 18.1. The summed E-state index contributed by atoms with van der Waals surface area (Å²) in [6.45, 7) is 0.887. The Hall–Kier alpha value is -2.55. The zero-order chi connectivity index (χ0) is 21.2. The molecule has 1 saturated carbocycles. The summed E-state index contributed by atoms with van der Waals surface area (Å²) in [5.41, 5.74) is 6.45. The fourth-order valence-corrected chi connectivity index (χ4v) is 4.85. The maximum Gasteiger partial charge on any atom is 0.350 e. The Morgan fingerprint density at radius 2 is 1.77 bits per heavy atom. The molecule has 0 bridgehead atoms. The number of nitrogens with two attached hydrogens (primary N) is 2. The number of anilines is 1. The maximum atomic E-state index is 15.2. The number of hydrogen-bond donors (Lipinski definition) is 2. The third-order valence-electron chi connectivity index (χ3n) is 6.09. The molecule has 0 spiro atoms. The summed E-state index contributed by atoms with van der Waals surface area (Å²) in [5, 5.41) is 0.0472. The molecule has 4 N–H and O–H groups in total. The number of fused-ring (bicyclic) bond motifs is 1. The van der Waals surface area contributed by atoms with Gasteiger partial charge in [-0.3, -0.25) is 9.36 Å². The molecule has 2 heterocycles. The fraction of sp³-hybridized carbons (Fsp3) is 0.333. The van der Waals surface area contributed by atoms with Gasteiger partial charge in [0.25, 0.3) is 5.56 Å². The normalized spacial score (nSPS) is 20.8. The monoisotopic (exact) mass is 465 g/mol. The molecule has 0 amide bonds. The maximum absolute atomic E-state index is 15.2. The molecule has 10 heteroatoms. The molecule has 2 aliphatic rings. The van der Waals surface area contributed by atoms with Crippen LogP contribution in [0.3, 0.4) is 0 Å². The molecule has 1 aromatic heterocycles. The van der Waals surface area contributed by atoms with Crippen molar-refractivity contribution in [1.82, 2.24) is 9.24 Å². The Morgan fingerprint density at radius 1 is 1.10 bits per heavy atom. The Bertz CT molecular complexity index is 1270. The van der Waals surface area contributed by atoms with Gasteiger partial charge < -0.3 is 16.5 Å². The zero-order valence-electron chi connectivity index (χ0n) is 16.5. The van der Waals surface area contributed by atoms with E-state index >= 15 is 4.39 Å². The summed E-state index contributed by atoms with van der Waals surface area (Å²) in [4.78, 5) is 27.0. The highest BCUT2D eigenvalue weighted by atomic mass is 35.5. The van der Waals surface area contributed by atoms with Crippen LogP contribution >= 0.6 is 24.0 Å². The first kappa shape index (κ1) is 21.7. The summed E-state index contributed by atoms with van der Waals surface area (Å²) in [7, 11) is 0. The predicted octanol–water partition coefficient (Wildman–Crippen LogP) is 2.36. The first-order valence-corrected chi connectivity index (χ1v) is 10.3. The molecular formula is C21H22Cl2FN5O2. The van der Waals surface area contributed by atoms with E-state index in [-0.39, 0.29) is 52.0 Å². The van der Waals surface area contributed by atoms with Crippen molar-refractivity contribution in [1.29, 1.82) is 0 Å². The van der Waals surface area contributed by atoms with Crippen LogP contribution in [0.2, 0.25) is 5.02 Å². The van der Waals surface area contributed by atoms with Gasteiger partial charge in [-0.25, -0.2) is 9.18 Å². The Kier molecular flexibility index (Phi) is 5.49. The molecule has 1 aliphatic heterocycles. The minimum atomic E-state index is -0.764. The van der Waals surface area contributed by atoms with E-state index in [1.807, 2.05) is 30.3 Å². The summed E-state index contributed by atoms with van der Waals surface area (Å²) in [6, 6.07) is 10.7. The van der Waals surface area contributed by atoms with Gasteiger partial charge in [0, 0.05) is 31.1 Å². The topological polar surface area (TPSA) is 99.3 Å². The third kappa shape index (κ3) is 3.39. The molecule has 3 aromatic rings. The van der Waals surface area contributed by atoms with Gasteiger partial charge in [0.05, 0.1) is 21.6 Å². The van der Waals surface area contributed by atoms with Crippen LogP contribution in [0.15, 0.2) is 46.0 Å². The lowest BCUT2D eigenvalue weighted by Crippen LogP contribution is -2.44. The minimum Gasteiger partial charge on any atom is -0.366 e. The van der Waals surface area contributed by atoms with Gasteiger partial charge in [-0.2, -0.15) is 4.68 Å². The minimum absolute atomic E-state index is 0. The van der Waals surface area contributed by atoms with Crippen molar-refractivity contribution < 1.29 is 4.39 Å². The highest BCUT2D eigenvalue weighted by Gasteiger charge is 2.36. The highest BCUT2D eigenvalue weighted by molar-refractivity contribution is 6.38. The van der Waals surface area contributed by atoms with Crippen LogP contribution in [0.4, 0.5) is 10.1 Å². The fourth-order valence-electron chi connectivity index (χ4n) is 4.45. The van der Waals surface area contributed by atoms with Gasteiger partial charge in [0.15, 0.2) is 0 Å². The largest absolute Gasteiger partial charge is 0.366 e. The van der Waals surface area contributed by atoms with E-state index < -0.39 is 17.1 Å².